The van der Waals surface area contributed by atoms with E-state index < -0.39 is 0 Å². The van der Waals surface area contributed by atoms with Gasteiger partial charge in [0.05, 0.1) is 0 Å². The number of nitrogens with one attached hydrogen (secondary N) is 2. The zero-order valence-corrected chi connectivity index (χ0v) is 14.7. The van der Waals surface area contributed by atoms with Crippen molar-refractivity contribution in [3.8, 4) is 0 Å². The van der Waals surface area contributed by atoms with Crippen molar-refractivity contribution in [2.24, 2.45) is 5.92 Å². The number of rotatable bonds is 6. The molecule has 1 aromatic rings. The second kappa shape index (κ2) is 8.31. The molecule has 0 bridgehead atoms. The molecule has 1 saturated carbocycles. The highest BCUT2D eigenvalue weighted by Crippen LogP contribution is 2.24. The number of piperidine rings is 1. The van der Waals surface area contributed by atoms with Crippen molar-refractivity contribution in [3.63, 3.8) is 0 Å². The number of hydrogen-bond acceptors (Lipinski definition) is 5. The zero-order chi connectivity index (χ0) is 16.8. The lowest BCUT2D eigenvalue weighted by atomic mass is 10.1. The van der Waals surface area contributed by atoms with Crippen LogP contribution in [0.5, 0.6) is 0 Å². The topological polar surface area (TPSA) is 70.2 Å². The Morgan fingerprint density at radius 3 is 2.62 bits per heavy atom. The Hall–Kier alpha value is -1.85. The molecule has 132 valence electrons. The Morgan fingerprint density at radius 1 is 1.12 bits per heavy atom. The molecular weight excluding hydrogens is 302 g/mol. The first-order valence-corrected chi connectivity index (χ1v) is 9.34. The SMILES string of the molecule is Cc1cc(N2CCCCC2)nc(NCCNC(=O)C2CCCC2)n1. The molecule has 1 amide bonds. The number of carbonyl (C=O) groups excluding carboxylic acids is 1. The summed E-state index contributed by atoms with van der Waals surface area (Å²) in [5, 5.41) is 6.27. The van der Waals surface area contributed by atoms with Crippen LogP contribution in [0.15, 0.2) is 6.07 Å². The molecule has 2 aliphatic rings. The quantitative estimate of drug-likeness (QED) is 0.784. The van der Waals surface area contributed by atoms with Gasteiger partial charge in [0.1, 0.15) is 5.82 Å². The fourth-order valence-electron chi connectivity index (χ4n) is 3.61. The van der Waals surface area contributed by atoms with E-state index in [2.05, 4.69) is 31.6 Å². The average Bonchev–Trinajstić information content (AvgIpc) is 3.14. The average molecular weight is 331 g/mol. The van der Waals surface area contributed by atoms with E-state index in [1.54, 1.807) is 0 Å². The summed E-state index contributed by atoms with van der Waals surface area (Å²) in [6.45, 7) is 5.43. The summed E-state index contributed by atoms with van der Waals surface area (Å²) in [5.41, 5.74) is 0.975. The van der Waals surface area contributed by atoms with Gasteiger partial charge < -0.3 is 15.5 Å². The molecule has 6 nitrogen and oxygen atoms in total. The van der Waals surface area contributed by atoms with Gasteiger partial charge in [0.15, 0.2) is 0 Å². The van der Waals surface area contributed by atoms with Crippen LogP contribution in [-0.2, 0) is 4.79 Å². The van der Waals surface area contributed by atoms with Gasteiger partial charge in [-0.25, -0.2) is 4.98 Å². The number of anilines is 2. The van der Waals surface area contributed by atoms with Crippen LogP contribution in [-0.4, -0.2) is 42.1 Å². The van der Waals surface area contributed by atoms with Crippen LogP contribution in [0.4, 0.5) is 11.8 Å². The van der Waals surface area contributed by atoms with Crippen LogP contribution in [0.2, 0.25) is 0 Å². The van der Waals surface area contributed by atoms with E-state index in [4.69, 9.17) is 0 Å². The van der Waals surface area contributed by atoms with Gasteiger partial charge in [0, 0.05) is 43.9 Å². The molecular formula is C18H29N5O. The standard InChI is InChI=1S/C18H29N5O/c1-14-13-16(23-11-5-2-6-12-23)22-18(21-14)20-10-9-19-17(24)15-7-3-4-8-15/h13,15H,2-12H2,1H3,(H,19,24)(H,20,21,22). The molecule has 3 rings (SSSR count). The normalized spacial score (nSPS) is 18.6. The van der Waals surface area contributed by atoms with Crippen LogP contribution >= 0.6 is 0 Å². The molecule has 0 spiro atoms. The van der Waals surface area contributed by atoms with Crippen molar-refractivity contribution in [1.29, 1.82) is 0 Å². The van der Waals surface area contributed by atoms with E-state index >= 15 is 0 Å². The Morgan fingerprint density at radius 2 is 1.88 bits per heavy atom. The third-order valence-electron chi connectivity index (χ3n) is 4.95. The molecule has 1 saturated heterocycles. The van der Waals surface area contributed by atoms with E-state index in [-0.39, 0.29) is 11.8 Å². The minimum atomic E-state index is 0.202. The van der Waals surface area contributed by atoms with Crippen molar-refractivity contribution in [2.75, 3.05) is 36.4 Å². The minimum Gasteiger partial charge on any atom is -0.356 e. The fraction of sp³-hybridized carbons (Fsp3) is 0.722. The molecule has 6 heteroatoms. The molecule has 1 aliphatic carbocycles. The van der Waals surface area contributed by atoms with Crippen molar-refractivity contribution in [3.05, 3.63) is 11.8 Å². The van der Waals surface area contributed by atoms with Crippen LogP contribution in [0.25, 0.3) is 0 Å². The number of aryl methyl sites for hydroxylation is 1. The van der Waals surface area contributed by atoms with Crippen LogP contribution in [0, 0.1) is 12.8 Å². The van der Waals surface area contributed by atoms with Crippen molar-refractivity contribution >= 4 is 17.7 Å². The molecule has 0 atom stereocenters. The summed E-state index contributed by atoms with van der Waals surface area (Å²) in [6.07, 6.45) is 8.24. The molecule has 1 aliphatic heterocycles. The van der Waals surface area contributed by atoms with E-state index in [1.807, 2.05) is 6.92 Å². The van der Waals surface area contributed by atoms with Crippen LogP contribution in [0.1, 0.15) is 50.6 Å². The Bertz CT molecular complexity index is 550. The Kier molecular flexibility index (Phi) is 5.88. The number of hydrogen-bond donors (Lipinski definition) is 2. The van der Waals surface area contributed by atoms with Gasteiger partial charge >= 0.3 is 0 Å². The summed E-state index contributed by atoms with van der Waals surface area (Å²) < 4.78 is 0. The van der Waals surface area contributed by atoms with E-state index in [0.717, 1.165) is 37.4 Å². The number of aromatic nitrogens is 2. The highest BCUT2D eigenvalue weighted by molar-refractivity contribution is 5.78. The lowest BCUT2D eigenvalue weighted by molar-refractivity contribution is -0.124. The molecule has 1 aromatic heterocycles. The van der Waals surface area contributed by atoms with Gasteiger partial charge in [0.2, 0.25) is 11.9 Å². The molecule has 2 heterocycles. The number of nitrogens with zero attached hydrogens (tertiary/aromatic N) is 3. The van der Waals surface area contributed by atoms with Crippen LogP contribution < -0.4 is 15.5 Å². The lowest BCUT2D eigenvalue weighted by Gasteiger charge is -2.28. The maximum atomic E-state index is 12.0. The van der Waals surface area contributed by atoms with Gasteiger partial charge in [-0.1, -0.05) is 12.8 Å². The van der Waals surface area contributed by atoms with Gasteiger partial charge in [-0.2, -0.15) is 4.98 Å². The van der Waals surface area contributed by atoms with Gasteiger partial charge in [-0.15, -0.1) is 0 Å². The second-order valence-corrected chi connectivity index (χ2v) is 6.94. The smallest absolute Gasteiger partial charge is 0.224 e. The first-order chi connectivity index (χ1) is 11.7. The maximum Gasteiger partial charge on any atom is 0.224 e. The first kappa shape index (κ1) is 17.0. The third-order valence-corrected chi connectivity index (χ3v) is 4.95. The third kappa shape index (κ3) is 4.58. The monoisotopic (exact) mass is 331 g/mol. The zero-order valence-electron chi connectivity index (χ0n) is 14.7. The summed E-state index contributed by atoms with van der Waals surface area (Å²) in [7, 11) is 0. The summed E-state index contributed by atoms with van der Waals surface area (Å²) in [5.74, 6) is 2.10. The van der Waals surface area contributed by atoms with Crippen molar-refractivity contribution in [1.82, 2.24) is 15.3 Å². The predicted molar refractivity (Wildman–Crippen MR) is 96.3 cm³/mol. The van der Waals surface area contributed by atoms with Gasteiger partial charge in [0.25, 0.3) is 0 Å². The molecule has 0 aromatic carbocycles. The van der Waals surface area contributed by atoms with Crippen LogP contribution in [0.3, 0.4) is 0 Å². The molecule has 2 N–H and O–H groups in total. The summed E-state index contributed by atoms with van der Waals surface area (Å²) >= 11 is 0. The molecule has 0 unspecified atom stereocenters. The number of amides is 1. The Labute approximate surface area is 144 Å². The van der Waals surface area contributed by atoms with Gasteiger partial charge in [-0.3, -0.25) is 4.79 Å². The van der Waals surface area contributed by atoms with E-state index in [0.29, 0.717) is 19.0 Å². The van der Waals surface area contributed by atoms with Crippen molar-refractivity contribution in [2.45, 2.75) is 51.9 Å². The van der Waals surface area contributed by atoms with E-state index in [1.165, 1.54) is 32.1 Å². The number of carbonyl (C=O) groups is 1. The maximum absolute atomic E-state index is 12.0. The van der Waals surface area contributed by atoms with E-state index in [9.17, 15) is 4.79 Å². The molecule has 2 fully saturated rings. The second-order valence-electron chi connectivity index (χ2n) is 6.94. The highest BCUT2D eigenvalue weighted by atomic mass is 16.1. The van der Waals surface area contributed by atoms with Gasteiger partial charge in [-0.05, 0) is 39.0 Å². The minimum absolute atomic E-state index is 0.202. The van der Waals surface area contributed by atoms with Crippen molar-refractivity contribution < 1.29 is 4.79 Å². The molecule has 24 heavy (non-hydrogen) atoms. The Balaban J connectivity index is 1.47. The summed E-state index contributed by atoms with van der Waals surface area (Å²) in [6, 6.07) is 2.05. The fourth-order valence-corrected chi connectivity index (χ4v) is 3.61. The molecule has 0 radical (unpaired) electrons. The lowest BCUT2D eigenvalue weighted by Crippen LogP contribution is -2.33. The first-order valence-electron chi connectivity index (χ1n) is 9.34. The predicted octanol–water partition coefficient (Wildman–Crippen LogP) is 2.49. The highest BCUT2D eigenvalue weighted by Gasteiger charge is 2.21. The summed E-state index contributed by atoms with van der Waals surface area (Å²) in [4.78, 5) is 23.4. The largest absolute Gasteiger partial charge is 0.356 e.